The van der Waals surface area contributed by atoms with Crippen LogP contribution in [-0.4, -0.2) is 34.9 Å². The minimum absolute atomic E-state index is 0.150. The van der Waals surface area contributed by atoms with Crippen LogP contribution < -0.4 is 4.74 Å². The summed E-state index contributed by atoms with van der Waals surface area (Å²) in [7, 11) is 0. The van der Waals surface area contributed by atoms with Gasteiger partial charge in [0.25, 0.3) is 0 Å². The van der Waals surface area contributed by atoms with Crippen LogP contribution in [0.2, 0.25) is 0 Å². The van der Waals surface area contributed by atoms with Gasteiger partial charge in [0.1, 0.15) is 5.75 Å². The second-order valence-corrected chi connectivity index (χ2v) is 11.2. The molecular weight excluding hydrogens is 496 g/mol. The zero-order valence-corrected chi connectivity index (χ0v) is 21.8. The van der Waals surface area contributed by atoms with Crippen molar-refractivity contribution in [2.45, 2.75) is 58.7 Å². The summed E-state index contributed by atoms with van der Waals surface area (Å²) in [6.07, 6.45) is 2.46. The van der Waals surface area contributed by atoms with Gasteiger partial charge in [-0.25, -0.2) is 9.78 Å². The summed E-state index contributed by atoms with van der Waals surface area (Å²) in [6, 6.07) is 13.4. The Bertz CT molecular complexity index is 1470. The number of carboxylic acid groups (broad SMARTS) is 1. The molecule has 1 aliphatic rings. The van der Waals surface area contributed by atoms with Crippen molar-refractivity contribution in [3.8, 4) is 16.3 Å². The van der Waals surface area contributed by atoms with Crippen LogP contribution in [-0.2, 0) is 4.74 Å². The van der Waals surface area contributed by atoms with Gasteiger partial charge in [-0.2, -0.15) is 8.78 Å². The summed E-state index contributed by atoms with van der Waals surface area (Å²) in [5.74, 6) is -0.393. The van der Waals surface area contributed by atoms with Gasteiger partial charge in [-0.3, -0.25) is 0 Å². The molecule has 8 heteroatoms. The zero-order valence-electron chi connectivity index (χ0n) is 21.0. The molecule has 0 unspecified atom stereocenters. The quantitative estimate of drug-likeness (QED) is 0.265. The Kier molecular flexibility index (Phi) is 6.89. The van der Waals surface area contributed by atoms with Gasteiger partial charge in [0.15, 0.2) is 0 Å². The van der Waals surface area contributed by atoms with Gasteiger partial charge in [0, 0.05) is 4.70 Å². The first-order valence-corrected chi connectivity index (χ1v) is 13.2. The number of pyridine rings is 1. The van der Waals surface area contributed by atoms with E-state index in [0.717, 1.165) is 26.1 Å². The topological polar surface area (TPSA) is 68.7 Å². The van der Waals surface area contributed by atoms with E-state index in [1.165, 1.54) is 0 Å². The van der Waals surface area contributed by atoms with Crippen LogP contribution >= 0.6 is 11.3 Å². The predicted octanol–water partition coefficient (Wildman–Crippen LogP) is 8.00. The van der Waals surface area contributed by atoms with E-state index < -0.39 is 18.2 Å². The third kappa shape index (κ3) is 5.05. The first-order chi connectivity index (χ1) is 17.6. The van der Waals surface area contributed by atoms with Crippen LogP contribution in [0.1, 0.15) is 54.1 Å². The number of carboxylic acids is 1. The van der Waals surface area contributed by atoms with E-state index in [1.807, 2.05) is 32.0 Å². The number of alkyl halides is 2. The number of aryl methyl sites for hydroxylation is 2. The number of thiophene rings is 1. The van der Waals surface area contributed by atoms with E-state index in [4.69, 9.17) is 14.5 Å². The highest BCUT2D eigenvalue weighted by Gasteiger charge is 2.34. The molecule has 5 nitrogen and oxygen atoms in total. The molecule has 1 saturated carbocycles. The molecular formula is C29H29F2NO4S. The number of nitrogens with zero attached hydrogens (tertiary/aromatic N) is 1. The van der Waals surface area contributed by atoms with Crippen molar-refractivity contribution in [3.63, 3.8) is 0 Å². The highest BCUT2D eigenvalue weighted by molar-refractivity contribution is 7.22. The maximum absolute atomic E-state index is 12.7. The normalized spacial score (nSPS) is 20.1. The van der Waals surface area contributed by atoms with Crippen LogP contribution in [0.4, 0.5) is 8.78 Å². The fourth-order valence-corrected chi connectivity index (χ4v) is 6.43. The summed E-state index contributed by atoms with van der Waals surface area (Å²) >= 11 is 1.60. The Hall–Kier alpha value is -3.10. The number of ether oxygens (including phenoxy) is 2. The Morgan fingerprint density at radius 2 is 1.92 bits per heavy atom. The van der Waals surface area contributed by atoms with E-state index in [2.05, 4.69) is 12.1 Å². The lowest BCUT2D eigenvalue weighted by molar-refractivity contribution is -0.214. The molecule has 0 bridgehead atoms. The Morgan fingerprint density at radius 1 is 1.19 bits per heavy atom. The fraction of sp³-hybridized carbons (Fsp3) is 0.379. The lowest BCUT2D eigenvalue weighted by Gasteiger charge is -2.36. The smallest absolute Gasteiger partial charge is 0.345 e. The lowest BCUT2D eigenvalue weighted by atomic mass is 9.80. The zero-order chi connectivity index (χ0) is 26.3. The number of halogens is 2. The van der Waals surface area contributed by atoms with Crippen molar-refractivity contribution in [2.75, 3.05) is 6.61 Å². The third-order valence-corrected chi connectivity index (χ3v) is 8.74. The van der Waals surface area contributed by atoms with Crippen LogP contribution in [0.15, 0.2) is 42.5 Å². The maximum Gasteiger partial charge on any atom is 0.345 e. The van der Waals surface area contributed by atoms with Crippen molar-refractivity contribution in [3.05, 3.63) is 59.2 Å². The minimum atomic E-state index is -2.78. The summed E-state index contributed by atoms with van der Waals surface area (Å²) in [5.41, 5.74) is 2.51. The molecule has 37 heavy (non-hydrogen) atoms. The molecule has 0 spiro atoms. The molecule has 1 fully saturated rings. The Balaban J connectivity index is 1.47. The molecule has 2 aromatic heterocycles. The van der Waals surface area contributed by atoms with Crippen LogP contribution in [0.5, 0.6) is 5.75 Å². The molecule has 2 aromatic carbocycles. The van der Waals surface area contributed by atoms with Gasteiger partial charge in [0.2, 0.25) is 0 Å². The predicted molar refractivity (Wildman–Crippen MR) is 142 cm³/mol. The first-order valence-electron chi connectivity index (χ1n) is 12.4. The van der Waals surface area contributed by atoms with E-state index in [9.17, 15) is 18.7 Å². The summed E-state index contributed by atoms with van der Waals surface area (Å²) in [4.78, 5) is 18.3. The number of aromatic nitrogens is 1. The molecule has 1 aliphatic carbocycles. The second kappa shape index (κ2) is 9.99. The number of fused-ring (bicyclic) bond motifs is 2. The monoisotopic (exact) mass is 525 g/mol. The largest absolute Gasteiger partial charge is 0.493 e. The summed E-state index contributed by atoms with van der Waals surface area (Å²) < 4.78 is 37.6. The van der Waals surface area contributed by atoms with E-state index >= 15 is 0 Å². The van der Waals surface area contributed by atoms with Crippen LogP contribution in [0.3, 0.4) is 0 Å². The van der Waals surface area contributed by atoms with Gasteiger partial charge in [-0.1, -0.05) is 24.3 Å². The number of aromatic carboxylic acids is 1. The lowest BCUT2D eigenvalue weighted by Crippen LogP contribution is -2.36. The van der Waals surface area contributed by atoms with Crippen molar-refractivity contribution >= 4 is 38.3 Å². The minimum Gasteiger partial charge on any atom is -0.493 e. The van der Waals surface area contributed by atoms with Gasteiger partial charge in [0.05, 0.1) is 39.2 Å². The molecule has 0 amide bonds. The van der Waals surface area contributed by atoms with E-state index in [0.29, 0.717) is 54.6 Å². The highest BCUT2D eigenvalue weighted by Crippen LogP contribution is 2.41. The number of benzene rings is 2. The van der Waals surface area contributed by atoms with Crippen LogP contribution in [0, 0.1) is 19.8 Å². The first kappa shape index (κ1) is 25.5. The molecule has 4 aromatic rings. The number of hydrogen-bond donors (Lipinski definition) is 1. The molecule has 0 aliphatic heterocycles. The maximum atomic E-state index is 12.7. The molecule has 0 atom stereocenters. The van der Waals surface area contributed by atoms with Gasteiger partial charge >= 0.3 is 12.6 Å². The standard InChI is InChI=1S/C29H29F2NO4S/c1-16-8-9-22(35-15-18-10-12-29(3,13-11-18)36-28(30)31)24-20(27(33)34)14-21(32-25(16)24)26-17(2)19-6-4-5-7-23(19)37-26/h4-9,14,18,28H,10-13,15H2,1-3H3,(H,33,34)/t18-,29+. The van der Waals surface area contributed by atoms with Gasteiger partial charge in [-0.05, 0) is 87.1 Å². The molecule has 0 saturated heterocycles. The Labute approximate surface area is 218 Å². The SMILES string of the molecule is Cc1c(-c2cc(C(=O)O)c3c(OC[C@H]4CC[C@@](C)(OC(F)F)CC4)ccc(C)c3n2)sc2ccccc12. The average molecular weight is 526 g/mol. The molecule has 5 rings (SSSR count). The second-order valence-electron chi connectivity index (χ2n) is 10.1. The number of carbonyl (C=O) groups is 1. The number of rotatable bonds is 7. The van der Waals surface area contributed by atoms with Crippen molar-refractivity contribution in [1.29, 1.82) is 0 Å². The molecule has 1 N–H and O–H groups in total. The summed E-state index contributed by atoms with van der Waals surface area (Å²) in [5, 5.41) is 11.8. The van der Waals surface area contributed by atoms with Crippen molar-refractivity contribution < 1.29 is 28.2 Å². The molecule has 194 valence electrons. The van der Waals surface area contributed by atoms with E-state index in [1.54, 1.807) is 30.4 Å². The highest BCUT2D eigenvalue weighted by atomic mass is 32.1. The molecule has 0 radical (unpaired) electrons. The van der Waals surface area contributed by atoms with Crippen LogP contribution in [0.25, 0.3) is 31.6 Å². The average Bonchev–Trinajstić information content (AvgIpc) is 3.20. The van der Waals surface area contributed by atoms with Gasteiger partial charge < -0.3 is 14.6 Å². The van der Waals surface area contributed by atoms with Crippen molar-refractivity contribution in [2.24, 2.45) is 5.92 Å². The van der Waals surface area contributed by atoms with E-state index in [-0.39, 0.29) is 11.5 Å². The van der Waals surface area contributed by atoms with Crippen molar-refractivity contribution in [1.82, 2.24) is 4.98 Å². The molecule has 2 heterocycles. The third-order valence-electron chi connectivity index (χ3n) is 7.44. The number of hydrogen-bond acceptors (Lipinski definition) is 5. The Morgan fingerprint density at radius 3 is 2.59 bits per heavy atom. The fourth-order valence-electron chi connectivity index (χ4n) is 5.26. The van der Waals surface area contributed by atoms with Gasteiger partial charge in [-0.15, -0.1) is 11.3 Å². The summed E-state index contributed by atoms with van der Waals surface area (Å²) in [6.45, 7) is 3.27.